The van der Waals surface area contributed by atoms with E-state index < -0.39 is 5.25 Å². The molecule has 1 amide bonds. The van der Waals surface area contributed by atoms with Crippen molar-refractivity contribution in [1.82, 2.24) is 9.55 Å². The van der Waals surface area contributed by atoms with Gasteiger partial charge in [-0.15, -0.1) is 0 Å². The largest absolute Gasteiger partial charge is 0.383 e. The average Bonchev–Trinajstić information content (AvgIpc) is 2.79. The number of carbonyl (C=O) groups excluding carboxylic acids is 1. The first-order valence-corrected chi connectivity index (χ1v) is 11.8. The molecule has 0 spiro atoms. The molecule has 3 rings (SSSR count). The molecule has 0 unspecified atom stereocenters. The summed E-state index contributed by atoms with van der Waals surface area (Å²) in [6.45, 7) is 8.40. The van der Waals surface area contributed by atoms with Gasteiger partial charge in [-0.25, -0.2) is 4.98 Å². The van der Waals surface area contributed by atoms with Gasteiger partial charge in [0.2, 0.25) is 5.91 Å². The van der Waals surface area contributed by atoms with E-state index in [1.807, 2.05) is 50.2 Å². The highest BCUT2D eigenvalue weighted by Gasteiger charge is 2.23. The van der Waals surface area contributed by atoms with Gasteiger partial charge in [0.25, 0.3) is 5.56 Å². The highest BCUT2D eigenvalue weighted by molar-refractivity contribution is 8.00. The number of benzene rings is 2. The maximum Gasteiger partial charge on any atom is 0.262 e. The molecule has 1 aromatic heterocycles. The molecule has 1 N–H and O–H groups in total. The number of para-hydroxylation sites is 2. The van der Waals surface area contributed by atoms with Crippen molar-refractivity contribution in [2.75, 3.05) is 19.0 Å². The molecule has 0 saturated heterocycles. The highest BCUT2D eigenvalue weighted by Crippen LogP contribution is 2.29. The summed E-state index contributed by atoms with van der Waals surface area (Å²) in [5.74, 6) is 0.218. The van der Waals surface area contributed by atoms with Crippen LogP contribution in [0, 0.1) is 0 Å². The summed E-state index contributed by atoms with van der Waals surface area (Å²) in [7, 11) is 1.60. The van der Waals surface area contributed by atoms with Gasteiger partial charge in [-0.2, -0.15) is 0 Å². The summed E-state index contributed by atoms with van der Waals surface area (Å²) in [5.41, 5.74) is 2.44. The fourth-order valence-electron chi connectivity index (χ4n) is 3.62. The Bertz CT molecular complexity index is 1140. The molecule has 6 nitrogen and oxygen atoms in total. The van der Waals surface area contributed by atoms with Crippen molar-refractivity contribution >= 4 is 34.3 Å². The summed E-state index contributed by atoms with van der Waals surface area (Å²) >= 11 is 1.29. The maximum absolute atomic E-state index is 13.2. The Morgan fingerprint density at radius 3 is 2.53 bits per heavy atom. The number of hydrogen-bond acceptors (Lipinski definition) is 5. The molecule has 3 aromatic rings. The van der Waals surface area contributed by atoms with Crippen molar-refractivity contribution in [3.05, 3.63) is 64.4 Å². The Morgan fingerprint density at radius 2 is 1.81 bits per heavy atom. The number of fused-ring (bicyclic) bond motifs is 1. The molecule has 1 heterocycles. The van der Waals surface area contributed by atoms with E-state index in [-0.39, 0.29) is 17.5 Å². The molecule has 0 bridgehead atoms. The van der Waals surface area contributed by atoms with Crippen LogP contribution in [0.1, 0.15) is 51.6 Å². The quantitative estimate of drug-likeness (QED) is 0.354. The number of carbonyl (C=O) groups is 1. The summed E-state index contributed by atoms with van der Waals surface area (Å²) in [5, 5.41) is 3.69. The van der Waals surface area contributed by atoms with Crippen molar-refractivity contribution in [2.45, 2.75) is 56.5 Å². The second-order valence-corrected chi connectivity index (χ2v) is 9.34. The van der Waals surface area contributed by atoms with Gasteiger partial charge in [-0.3, -0.25) is 14.2 Å². The third-order valence-corrected chi connectivity index (χ3v) is 6.70. The Balaban J connectivity index is 1.91. The van der Waals surface area contributed by atoms with Crippen molar-refractivity contribution in [3.63, 3.8) is 0 Å². The first-order valence-electron chi connectivity index (χ1n) is 10.9. The van der Waals surface area contributed by atoms with Gasteiger partial charge in [0.1, 0.15) is 0 Å². The van der Waals surface area contributed by atoms with E-state index >= 15 is 0 Å². The van der Waals surface area contributed by atoms with E-state index in [0.717, 1.165) is 17.7 Å². The lowest BCUT2D eigenvalue weighted by molar-refractivity contribution is -0.115. The number of thioether (sulfide) groups is 1. The van der Waals surface area contributed by atoms with Crippen molar-refractivity contribution < 1.29 is 9.53 Å². The maximum atomic E-state index is 13.2. The standard InChI is InChI=1S/C25H31N3O3S/c1-6-16(2)19-11-7-9-13-21(19)26-23(29)18(4)32-25-27-22-14-10-8-12-20(22)24(30)28(25)17(3)15-31-5/h7-14,16-18H,6,15H2,1-5H3,(H,26,29)/t16-,17-,18+/m0/s1. The van der Waals surface area contributed by atoms with Crippen LogP contribution in [-0.4, -0.2) is 34.4 Å². The minimum atomic E-state index is -0.450. The van der Waals surface area contributed by atoms with Crippen LogP contribution < -0.4 is 10.9 Å². The number of ether oxygens (including phenoxy) is 1. The van der Waals surface area contributed by atoms with Gasteiger partial charge >= 0.3 is 0 Å². The zero-order chi connectivity index (χ0) is 23.3. The van der Waals surface area contributed by atoms with Crippen LogP contribution in [-0.2, 0) is 9.53 Å². The Kier molecular flexibility index (Phi) is 8.10. The number of methoxy groups -OCH3 is 1. The molecule has 0 radical (unpaired) electrons. The zero-order valence-corrected chi connectivity index (χ0v) is 20.1. The van der Waals surface area contributed by atoms with E-state index in [1.165, 1.54) is 11.8 Å². The molecule has 0 aliphatic heterocycles. The molecule has 0 saturated carbocycles. The number of nitrogens with one attached hydrogen (secondary N) is 1. The van der Waals surface area contributed by atoms with Gasteiger partial charge < -0.3 is 10.1 Å². The molecule has 0 fully saturated rings. The van der Waals surface area contributed by atoms with E-state index in [4.69, 9.17) is 9.72 Å². The monoisotopic (exact) mass is 453 g/mol. The fourth-order valence-corrected chi connectivity index (χ4v) is 4.63. The van der Waals surface area contributed by atoms with Crippen molar-refractivity contribution in [3.8, 4) is 0 Å². The SMILES string of the molecule is CC[C@H](C)c1ccccc1NC(=O)[C@@H](C)Sc1nc2ccccc2c(=O)n1[C@@H](C)COC. The summed E-state index contributed by atoms with van der Waals surface area (Å²) in [6, 6.07) is 15.0. The minimum absolute atomic E-state index is 0.126. The summed E-state index contributed by atoms with van der Waals surface area (Å²) in [6.07, 6.45) is 0.988. The summed E-state index contributed by atoms with van der Waals surface area (Å²) in [4.78, 5) is 31.0. The van der Waals surface area contributed by atoms with Gasteiger partial charge in [0.05, 0.1) is 28.8 Å². The minimum Gasteiger partial charge on any atom is -0.383 e. The first kappa shape index (κ1) is 24.0. The summed E-state index contributed by atoms with van der Waals surface area (Å²) < 4.78 is 6.91. The molecule has 2 aromatic carbocycles. The number of amides is 1. The second kappa shape index (κ2) is 10.8. The van der Waals surface area contributed by atoms with Gasteiger partial charge in [0.15, 0.2) is 5.16 Å². The Morgan fingerprint density at radius 1 is 1.12 bits per heavy atom. The number of anilines is 1. The highest BCUT2D eigenvalue weighted by atomic mass is 32.2. The number of aromatic nitrogens is 2. The fraction of sp³-hybridized carbons (Fsp3) is 0.400. The predicted molar refractivity (Wildman–Crippen MR) is 132 cm³/mol. The number of rotatable bonds is 9. The zero-order valence-electron chi connectivity index (χ0n) is 19.3. The lowest BCUT2D eigenvalue weighted by Gasteiger charge is -2.21. The van der Waals surface area contributed by atoms with Crippen molar-refractivity contribution in [2.24, 2.45) is 0 Å². The molecular formula is C25H31N3O3S. The van der Waals surface area contributed by atoms with Crippen LogP contribution in [0.4, 0.5) is 5.69 Å². The molecule has 0 aliphatic carbocycles. The molecule has 32 heavy (non-hydrogen) atoms. The predicted octanol–water partition coefficient (Wildman–Crippen LogP) is 5.24. The number of nitrogens with zero attached hydrogens (tertiary/aromatic N) is 2. The third-order valence-electron chi connectivity index (χ3n) is 5.64. The van der Waals surface area contributed by atoms with E-state index in [1.54, 1.807) is 17.7 Å². The lowest BCUT2D eigenvalue weighted by Crippen LogP contribution is -2.30. The van der Waals surface area contributed by atoms with E-state index in [0.29, 0.717) is 28.6 Å². The van der Waals surface area contributed by atoms with Crippen LogP contribution in [0.2, 0.25) is 0 Å². The normalized spacial score (nSPS) is 14.2. The smallest absolute Gasteiger partial charge is 0.262 e. The van der Waals surface area contributed by atoms with E-state index in [9.17, 15) is 9.59 Å². The van der Waals surface area contributed by atoms with Crippen molar-refractivity contribution in [1.29, 1.82) is 0 Å². The van der Waals surface area contributed by atoms with Gasteiger partial charge in [-0.1, -0.05) is 55.9 Å². The molecule has 170 valence electrons. The van der Waals surface area contributed by atoms with Crippen LogP contribution in [0.15, 0.2) is 58.5 Å². The van der Waals surface area contributed by atoms with Gasteiger partial charge in [-0.05, 0) is 49.9 Å². The first-order chi connectivity index (χ1) is 15.4. The Hall–Kier alpha value is -2.64. The molecule has 3 atom stereocenters. The molecule has 7 heteroatoms. The topological polar surface area (TPSA) is 73.2 Å². The molecule has 0 aliphatic rings. The second-order valence-electron chi connectivity index (χ2n) is 8.04. The lowest BCUT2D eigenvalue weighted by atomic mass is 9.97. The number of hydrogen-bond donors (Lipinski definition) is 1. The van der Waals surface area contributed by atoms with Crippen LogP contribution in [0.5, 0.6) is 0 Å². The van der Waals surface area contributed by atoms with Gasteiger partial charge in [0, 0.05) is 12.8 Å². The van der Waals surface area contributed by atoms with Crippen LogP contribution >= 0.6 is 11.8 Å². The van der Waals surface area contributed by atoms with Crippen LogP contribution in [0.3, 0.4) is 0 Å². The van der Waals surface area contributed by atoms with E-state index in [2.05, 4.69) is 25.2 Å². The average molecular weight is 454 g/mol. The van der Waals surface area contributed by atoms with Crippen LogP contribution in [0.25, 0.3) is 10.9 Å². The third kappa shape index (κ3) is 5.22. The molecular weight excluding hydrogens is 422 g/mol. The Labute approximate surface area is 193 Å².